The van der Waals surface area contributed by atoms with Crippen molar-refractivity contribution in [2.24, 2.45) is 17.8 Å². The van der Waals surface area contributed by atoms with Crippen molar-refractivity contribution in [2.45, 2.75) is 96.3 Å². The van der Waals surface area contributed by atoms with Gasteiger partial charge in [0.25, 0.3) is 0 Å². The normalized spacial score (nSPS) is 23.9. The number of unbranched alkanes of at least 4 members (excludes halogenated alkanes) is 4. The molecule has 0 radical (unpaired) electrons. The largest absolute Gasteiger partial charge is 0.573 e. The fraction of sp³-hybridized carbons (Fsp3) is 0.562. The molecule has 2 aromatic carbocycles. The quantitative estimate of drug-likeness (QED) is 0.261. The lowest BCUT2D eigenvalue weighted by atomic mass is 9.63. The average molecular weight is 497 g/mol. The molecule has 2 fully saturated rings. The van der Waals surface area contributed by atoms with Crippen LogP contribution in [0.5, 0.6) is 5.75 Å². The molecule has 4 heteroatoms. The first kappa shape index (κ1) is 26.6. The molecule has 2 aliphatic carbocycles. The number of ether oxygens (including phenoxy) is 1. The SMILES string of the molecule is CCCCCCCC1CCC2CC(c3ccc(C#Cc4ccc(OC(F)(F)F)cc4)cc3)CCC2C1. The Bertz CT molecular complexity index is 997. The zero-order valence-corrected chi connectivity index (χ0v) is 21.5. The monoisotopic (exact) mass is 496 g/mol. The molecule has 0 N–H and O–H groups in total. The summed E-state index contributed by atoms with van der Waals surface area (Å²) < 4.78 is 40.8. The van der Waals surface area contributed by atoms with Gasteiger partial charge in [-0.05, 0) is 97.7 Å². The Morgan fingerprint density at radius 3 is 2.03 bits per heavy atom. The van der Waals surface area contributed by atoms with E-state index in [9.17, 15) is 13.2 Å². The van der Waals surface area contributed by atoms with E-state index in [0.717, 1.165) is 23.3 Å². The zero-order chi connectivity index (χ0) is 25.4. The first-order chi connectivity index (χ1) is 17.4. The smallest absolute Gasteiger partial charge is 0.406 e. The molecule has 1 nitrogen and oxygen atoms in total. The highest BCUT2D eigenvalue weighted by molar-refractivity contribution is 5.45. The molecule has 4 unspecified atom stereocenters. The van der Waals surface area contributed by atoms with Gasteiger partial charge in [-0.1, -0.05) is 75.8 Å². The van der Waals surface area contributed by atoms with E-state index in [1.54, 1.807) is 12.1 Å². The molecule has 2 saturated carbocycles. The molecular weight excluding hydrogens is 457 g/mol. The van der Waals surface area contributed by atoms with Crippen LogP contribution in [0.4, 0.5) is 13.2 Å². The first-order valence-electron chi connectivity index (χ1n) is 13.9. The van der Waals surface area contributed by atoms with Crippen LogP contribution in [-0.2, 0) is 0 Å². The molecule has 2 aliphatic rings. The van der Waals surface area contributed by atoms with Crippen molar-refractivity contribution in [2.75, 3.05) is 0 Å². The van der Waals surface area contributed by atoms with Crippen LogP contribution in [-0.4, -0.2) is 6.36 Å². The predicted molar refractivity (Wildman–Crippen MR) is 140 cm³/mol. The Morgan fingerprint density at radius 1 is 0.750 bits per heavy atom. The van der Waals surface area contributed by atoms with Gasteiger partial charge in [0.15, 0.2) is 0 Å². The fourth-order valence-corrected chi connectivity index (χ4v) is 6.31. The van der Waals surface area contributed by atoms with E-state index in [-0.39, 0.29) is 5.75 Å². The Morgan fingerprint density at radius 2 is 1.36 bits per heavy atom. The van der Waals surface area contributed by atoms with Crippen molar-refractivity contribution in [3.05, 3.63) is 65.2 Å². The number of alkyl halides is 3. The van der Waals surface area contributed by atoms with E-state index in [4.69, 9.17) is 0 Å². The van der Waals surface area contributed by atoms with Gasteiger partial charge in [-0.25, -0.2) is 0 Å². The van der Waals surface area contributed by atoms with Crippen LogP contribution in [0.1, 0.15) is 107 Å². The molecule has 0 aromatic heterocycles. The highest BCUT2D eigenvalue weighted by Gasteiger charge is 2.35. The number of benzene rings is 2. The maximum atomic E-state index is 12.3. The summed E-state index contributed by atoms with van der Waals surface area (Å²) in [6.07, 6.45) is 12.0. The second-order valence-corrected chi connectivity index (χ2v) is 10.9. The van der Waals surface area contributed by atoms with Crippen molar-refractivity contribution in [1.29, 1.82) is 0 Å². The van der Waals surface area contributed by atoms with Crippen LogP contribution in [0, 0.1) is 29.6 Å². The fourth-order valence-electron chi connectivity index (χ4n) is 6.31. The molecular formula is C32H39F3O. The van der Waals surface area contributed by atoms with E-state index in [2.05, 4.69) is 47.8 Å². The van der Waals surface area contributed by atoms with Gasteiger partial charge >= 0.3 is 6.36 Å². The van der Waals surface area contributed by atoms with Crippen molar-refractivity contribution in [3.63, 3.8) is 0 Å². The summed E-state index contributed by atoms with van der Waals surface area (Å²) in [7, 11) is 0. The number of hydrogen-bond donors (Lipinski definition) is 0. The van der Waals surface area contributed by atoms with Gasteiger partial charge in [-0.3, -0.25) is 0 Å². The van der Waals surface area contributed by atoms with Gasteiger partial charge in [0, 0.05) is 11.1 Å². The third kappa shape index (κ3) is 8.05. The summed E-state index contributed by atoms with van der Waals surface area (Å²) >= 11 is 0. The van der Waals surface area contributed by atoms with Crippen LogP contribution < -0.4 is 4.74 Å². The minimum Gasteiger partial charge on any atom is -0.406 e. The van der Waals surface area contributed by atoms with E-state index < -0.39 is 6.36 Å². The van der Waals surface area contributed by atoms with Crippen molar-refractivity contribution in [1.82, 2.24) is 0 Å². The molecule has 0 bridgehead atoms. The van der Waals surface area contributed by atoms with Crippen molar-refractivity contribution < 1.29 is 17.9 Å². The summed E-state index contributed by atoms with van der Waals surface area (Å²) in [5.74, 6) is 9.37. The highest BCUT2D eigenvalue weighted by Crippen LogP contribution is 2.48. The molecule has 194 valence electrons. The lowest BCUT2D eigenvalue weighted by Gasteiger charge is -2.42. The van der Waals surface area contributed by atoms with Gasteiger partial charge in [-0.15, -0.1) is 13.2 Å². The van der Waals surface area contributed by atoms with Gasteiger partial charge in [0.1, 0.15) is 5.75 Å². The number of fused-ring (bicyclic) bond motifs is 1. The molecule has 4 rings (SSSR count). The van der Waals surface area contributed by atoms with Crippen LogP contribution in [0.15, 0.2) is 48.5 Å². The molecule has 36 heavy (non-hydrogen) atoms. The Balaban J connectivity index is 1.25. The third-order valence-electron chi connectivity index (χ3n) is 8.26. The van der Waals surface area contributed by atoms with Crippen LogP contribution in [0.25, 0.3) is 0 Å². The van der Waals surface area contributed by atoms with Gasteiger partial charge < -0.3 is 4.74 Å². The van der Waals surface area contributed by atoms with Gasteiger partial charge in [-0.2, -0.15) is 0 Å². The minimum absolute atomic E-state index is 0.233. The van der Waals surface area contributed by atoms with E-state index in [1.165, 1.54) is 94.7 Å². The number of halogens is 3. The summed E-state index contributed by atoms with van der Waals surface area (Å²) in [6, 6.07) is 14.3. The molecule has 2 aromatic rings. The molecule has 0 spiro atoms. The van der Waals surface area contributed by atoms with Crippen LogP contribution >= 0.6 is 0 Å². The maximum Gasteiger partial charge on any atom is 0.573 e. The molecule has 0 amide bonds. The van der Waals surface area contributed by atoms with Crippen molar-refractivity contribution >= 4 is 0 Å². The topological polar surface area (TPSA) is 9.23 Å². The Kier molecular flexibility index (Phi) is 9.41. The first-order valence-corrected chi connectivity index (χ1v) is 13.9. The van der Waals surface area contributed by atoms with E-state index >= 15 is 0 Å². The standard InChI is InChI=1S/C32H39F3O/c1-2-3-4-5-6-7-26-12-17-30-23-29(19-18-28(30)22-26)27-15-10-24(11-16-27)8-9-25-13-20-31(21-14-25)36-32(33,34)35/h10-11,13-16,20-21,26,28-30H,2-7,12,17-19,22-23H2,1H3. The Hall–Kier alpha value is -2.41. The van der Waals surface area contributed by atoms with E-state index in [1.807, 2.05) is 0 Å². The molecule has 0 saturated heterocycles. The lowest BCUT2D eigenvalue weighted by molar-refractivity contribution is -0.274. The summed E-state index contributed by atoms with van der Waals surface area (Å²) in [5.41, 5.74) is 3.00. The number of hydrogen-bond acceptors (Lipinski definition) is 1. The zero-order valence-electron chi connectivity index (χ0n) is 21.5. The number of rotatable bonds is 8. The third-order valence-corrected chi connectivity index (χ3v) is 8.26. The van der Waals surface area contributed by atoms with Crippen molar-refractivity contribution in [3.8, 4) is 17.6 Å². The van der Waals surface area contributed by atoms with Gasteiger partial charge in [0.05, 0.1) is 0 Å². The van der Waals surface area contributed by atoms with Crippen LogP contribution in [0.3, 0.4) is 0 Å². The highest BCUT2D eigenvalue weighted by atomic mass is 19.4. The molecule has 0 heterocycles. The molecule has 0 aliphatic heterocycles. The second-order valence-electron chi connectivity index (χ2n) is 10.9. The maximum absolute atomic E-state index is 12.3. The van der Waals surface area contributed by atoms with Gasteiger partial charge in [0.2, 0.25) is 0 Å². The second kappa shape index (κ2) is 12.7. The Labute approximate surface area is 214 Å². The van der Waals surface area contributed by atoms with Crippen LogP contribution in [0.2, 0.25) is 0 Å². The lowest BCUT2D eigenvalue weighted by Crippen LogP contribution is -2.30. The predicted octanol–water partition coefficient (Wildman–Crippen LogP) is 9.65. The minimum atomic E-state index is -4.68. The van der Waals surface area contributed by atoms with E-state index in [0.29, 0.717) is 11.5 Å². The summed E-state index contributed by atoms with van der Waals surface area (Å²) in [6.45, 7) is 2.28. The molecule has 4 atom stereocenters. The summed E-state index contributed by atoms with van der Waals surface area (Å²) in [5, 5.41) is 0. The average Bonchev–Trinajstić information content (AvgIpc) is 2.87. The summed E-state index contributed by atoms with van der Waals surface area (Å²) in [4.78, 5) is 0.